The van der Waals surface area contributed by atoms with Crippen LogP contribution in [-0.2, 0) is 9.59 Å². The zero-order valence-corrected chi connectivity index (χ0v) is 17.1. The van der Waals surface area contributed by atoms with Crippen LogP contribution < -0.4 is 10.2 Å². The Balaban J connectivity index is 1.69. The summed E-state index contributed by atoms with van der Waals surface area (Å²) < 4.78 is 1.90. The molecule has 4 rings (SSSR count). The van der Waals surface area contributed by atoms with Crippen LogP contribution in [0.1, 0.15) is 5.56 Å². The van der Waals surface area contributed by atoms with Crippen LogP contribution in [0.2, 0.25) is 10.0 Å². The highest BCUT2D eigenvalue weighted by Crippen LogP contribution is 2.29. The average Bonchev–Trinajstić information content (AvgIpc) is 3.17. The fraction of sp³-hybridized carbons (Fsp3) is 0. The molecule has 0 unspecified atom stereocenters. The van der Waals surface area contributed by atoms with Gasteiger partial charge in [-0.2, -0.15) is 0 Å². The first-order valence-corrected chi connectivity index (χ1v) is 9.70. The van der Waals surface area contributed by atoms with Crippen molar-refractivity contribution in [3.05, 3.63) is 88.2 Å². The molecule has 29 heavy (non-hydrogen) atoms. The predicted octanol–water partition coefficient (Wildman–Crippen LogP) is 4.62. The third-order valence-corrected chi connectivity index (χ3v) is 5.37. The van der Waals surface area contributed by atoms with E-state index in [1.54, 1.807) is 12.1 Å². The van der Waals surface area contributed by atoms with E-state index in [1.807, 2.05) is 53.4 Å². The number of halogens is 2. The quantitative estimate of drug-likeness (QED) is 0.366. The summed E-state index contributed by atoms with van der Waals surface area (Å²) >= 11 is 17.2. The zero-order chi connectivity index (χ0) is 20.5. The number of anilines is 1. The van der Waals surface area contributed by atoms with E-state index in [1.165, 1.54) is 17.0 Å². The summed E-state index contributed by atoms with van der Waals surface area (Å²) in [5.41, 5.74) is 2.06. The lowest BCUT2D eigenvalue weighted by Crippen LogP contribution is -2.54. The molecule has 1 aromatic heterocycles. The molecule has 1 fully saturated rings. The van der Waals surface area contributed by atoms with Crippen molar-refractivity contribution in [3.8, 4) is 5.69 Å². The lowest BCUT2D eigenvalue weighted by molar-refractivity contribution is -0.122. The second kappa shape index (κ2) is 7.83. The van der Waals surface area contributed by atoms with Crippen molar-refractivity contribution in [1.29, 1.82) is 0 Å². The second-order valence-corrected chi connectivity index (χ2v) is 7.45. The molecule has 144 valence electrons. The topological polar surface area (TPSA) is 54.3 Å². The van der Waals surface area contributed by atoms with Crippen LogP contribution in [0.3, 0.4) is 0 Å². The number of hydrogen-bond donors (Lipinski definition) is 1. The highest BCUT2D eigenvalue weighted by atomic mass is 35.5. The van der Waals surface area contributed by atoms with Gasteiger partial charge in [-0.3, -0.25) is 19.8 Å². The maximum Gasteiger partial charge on any atom is 0.270 e. The standard InChI is InChI=1S/C21H13Cl2N3O2S/c22-17-7-6-15(11-18(17)23)26-20(28)16(19(27)24-21(26)29)10-13-8-9-25(12-13)14-4-2-1-3-5-14/h1-12H,(H,24,27,29)/b16-10-. The number of carbonyl (C=O) groups is 2. The Morgan fingerprint density at radius 1 is 0.931 bits per heavy atom. The molecule has 5 nitrogen and oxygen atoms in total. The van der Waals surface area contributed by atoms with Crippen LogP contribution in [0.4, 0.5) is 5.69 Å². The van der Waals surface area contributed by atoms with Crippen molar-refractivity contribution in [2.45, 2.75) is 0 Å². The molecule has 0 bridgehead atoms. The molecule has 2 aromatic carbocycles. The van der Waals surface area contributed by atoms with Gasteiger partial charge in [0, 0.05) is 18.1 Å². The number of carbonyl (C=O) groups excluding carboxylic acids is 2. The number of benzene rings is 2. The van der Waals surface area contributed by atoms with E-state index in [4.69, 9.17) is 35.4 Å². The van der Waals surface area contributed by atoms with Crippen molar-refractivity contribution in [2.24, 2.45) is 0 Å². The summed E-state index contributed by atoms with van der Waals surface area (Å²) in [6.07, 6.45) is 5.22. The van der Waals surface area contributed by atoms with E-state index in [9.17, 15) is 9.59 Å². The monoisotopic (exact) mass is 441 g/mol. The van der Waals surface area contributed by atoms with E-state index >= 15 is 0 Å². The first kappa shape index (κ1) is 19.4. The maximum atomic E-state index is 13.1. The van der Waals surface area contributed by atoms with Gasteiger partial charge in [-0.1, -0.05) is 41.4 Å². The summed E-state index contributed by atoms with van der Waals surface area (Å²) in [7, 11) is 0. The van der Waals surface area contributed by atoms with Gasteiger partial charge in [0.25, 0.3) is 11.8 Å². The molecule has 1 aliphatic rings. The predicted molar refractivity (Wildman–Crippen MR) is 118 cm³/mol. The summed E-state index contributed by atoms with van der Waals surface area (Å²) in [4.78, 5) is 26.7. The van der Waals surface area contributed by atoms with Gasteiger partial charge in [0.15, 0.2) is 5.11 Å². The number of thiocarbonyl (C=S) groups is 1. The Hall–Kier alpha value is -2.93. The summed E-state index contributed by atoms with van der Waals surface area (Å²) in [6, 6.07) is 16.2. The lowest BCUT2D eigenvalue weighted by Gasteiger charge is -2.29. The van der Waals surface area contributed by atoms with Crippen LogP contribution in [0, 0.1) is 0 Å². The van der Waals surface area contributed by atoms with Gasteiger partial charge in [0.1, 0.15) is 5.57 Å². The van der Waals surface area contributed by atoms with Gasteiger partial charge < -0.3 is 4.57 Å². The maximum absolute atomic E-state index is 13.1. The number of para-hydroxylation sites is 1. The van der Waals surface area contributed by atoms with Crippen LogP contribution in [0.5, 0.6) is 0 Å². The molecular formula is C21H13Cl2N3O2S. The fourth-order valence-corrected chi connectivity index (χ4v) is 3.52. The van der Waals surface area contributed by atoms with Crippen molar-refractivity contribution in [1.82, 2.24) is 9.88 Å². The first-order chi connectivity index (χ1) is 13.9. The average molecular weight is 442 g/mol. The number of hydrogen-bond acceptors (Lipinski definition) is 3. The molecule has 1 N–H and O–H groups in total. The lowest BCUT2D eigenvalue weighted by atomic mass is 10.1. The second-order valence-electron chi connectivity index (χ2n) is 6.24. The van der Waals surface area contributed by atoms with Crippen LogP contribution in [0.15, 0.2) is 72.6 Å². The molecule has 0 radical (unpaired) electrons. The third kappa shape index (κ3) is 3.82. The van der Waals surface area contributed by atoms with Gasteiger partial charge in [0.05, 0.1) is 15.7 Å². The number of nitrogens with zero attached hydrogens (tertiary/aromatic N) is 2. The van der Waals surface area contributed by atoms with Gasteiger partial charge >= 0.3 is 0 Å². The van der Waals surface area contributed by atoms with Gasteiger partial charge in [-0.15, -0.1) is 0 Å². The fourth-order valence-electron chi connectivity index (χ4n) is 2.94. The van der Waals surface area contributed by atoms with Gasteiger partial charge in [-0.05, 0) is 60.3 Å². The molecule has 0 aliphatic carbocycles. The SMILES string of the molecule is O=C1NC(=S)N(c2ccc(Cl)c(Cl)c2)C(=O)/C1=C\c1ccn(-c2ccccc2)c1. The van der Waals surface area contributed by atoms with Crippen molar-refractivity contribution in [2.75, 3.05) is 4.90 Å². The molecule has 0 atom stereocenters. The summed E-state index contributed by atoms with van der Waals surface area (Å²) in [5, 5.41) is 3.17. The van der Waals surface area contributed by atoms with E-state index in [0.29, 0.717) is 16.3 Å². The van der Waals surface area contributed by atoms with E-state index in [2.05, 4.69) is 5.32 Å². The molecule has 2 heterocycles. The Morgan fingerprint density at radius 3 is 2.41 bits per heavy atom. The van der Waals surface area contributed by atoms with Crippen LogP contribution in [0.25, 0.3) is 11.8 Å². The minimum atomic E-state index is -0.552. The van der Waals surface area contributed by atoms with Gasteiger partial charge in [-0.25, -0.2) is 0 Å². The highest BCUT2D eigenvalue weighted by molar-refractivity contribution is 7.80. The Kier molecular flexibility index (Phi) is 5.24. The number of amides is 2. The summed E-state index contributed by atoms with van der Waals surface area (Å²) in [5.74, 6) is -1.09. The van der Waals surface area contributed by atoms with Crippen LogP contribution in [-0.4, -0.2) is 21.5 Å². The minimum absolute atomic E-state index is 0.0163. The summed E-state index contributed by atoms with van der Waals surface area (Å²) in [6.45, 7) is 0. The van der Waals surface area contributed by atoms with E-state index in [0.717, 1.165) is 5.69 Å². The van der Waals surface area contributed by atoms with Crippen LogP contribution >= 0.6 is 35.4 Å². The normalized spacial score (nSPS) is 15.7. The van der Waals surface area contributed by atoms with Crippen molar-refractivity contribution < 1.29 is 9.59 Å². The Morgan fingerprint density at radius 2 is 1.69 bits per heavy atom. The number of aromatic nitrogens is 1. The number of nitrogens with one attached hydrogen (secondary N) is 1. The Labute approximate surface area is 182 Å². The largest absolute Gasteiger partial charge is 0.323 e. The van der Waals surface area contributed by atoms with E-state index in [-0.39, 0.29) is 15.7 Å². The molecule has 0 saturated carbocycles. The molecule has 1 saturated heterocycles. The Bertz CT molecular complexity index is 1170. The molecule has 8 heteroatoms. The molecule has 3 aromatic rings. The smallest absolute Gasteiger partial charge is 0.270 e. The highest BCUT2D eigenvalue weighted by Gasteiger charge is 2.34. The molecular weight excluding hydrogens is 429 g/mol. The van der Waals surface area contributed by atoms with E-state index < -0.39 is 11.8 Å². The van der Waals surface area contributed by atoms with Crippen molar-refractivity contribution in [3.63, 3.8) is 0 Å². The molecule has 0 spiro atoms. The van der Waals surface area contributed by atoms with Crippen molar-refractivity contribution >= 4 is 64.1 Å². The minimum Gasteiger partial charge on any atom is -0.323 e. The number of rotatable bonds is 3. The first-order valence-electron chi connectivity index (χ1n) is 8.54. The third-order valence-electron chi connectivity index (χ3n) is 4.34. The molecule has 1 aliphatic heterocycles. The van der Waals surface area contributed by atoms with Gasteiger partial charge in [0.2, 0.25) is 0 Å². The molecule has 2 amide bonds. The zero-order valence-electron chi connectivity index (χ0n) is 14.8.